The molecule has 0 unspecified atom stereocenters. The van der Waals surface area contributed by atoms with Crippen LogP contribution in [-0.2, 0) is 13.2 Å². The van der Waals surface area contributed by atoms with E-state index in [0.29, 0.717) is 34.9 Å². The highest BCUT2D eigenvalue weighted by atomic mass is 35.5. The van der Waals surface area contributed by atoms with Crippen LogP contribution in [-0.4, -0.2) is 9.55 Å². The van der Waals surface area contributed by atoms with Crippen LogP contribution in [0.5, 0.6) is 5.75 Å². The Hall–Kier alpha value is -3.37. The Morgan fingerprint density at radius 1 is 1.03 bits per heavy atom. The van der Waals surface area contributed by atoms with Crippen molar-refractivity contribution in [3.63, 3.8) is 0 Å². The lowest BCUT2D eigenvalue weighted by Crippen LogP contribution is -2.20. The van der Waals surface area contributed by atoms with Crippen molar-refractivity contribution in [1.82, 2.24) is 9.55 Å². The summed E-state index contributed by atoms with van der Waals surface area (Å²) in [4.78, 5) is 17.6. The average molecular weight is 415 g/mol. The number of hydrogen-bond acceptors (Lipinski definition) is 3. The van der Waals surface area contributed by atoms with Crippen molar-refractivity contribution in [3.05, 3.63) is 105 Å². The maximum atomic E-state index is 12.9. The first-order valence-corrected chi connectivity index (χ1v) is 10.2. The molecule has 0 spiro atoms. The largest absolute Gasteiger partial charge is 0.488 e. The molecule has 0 N–H and O–H groups in total. The smallest absolute Gasteiger partial charge is 0.261 e. The Balaban J connectivity index is 1.52. The maximum absolute atomic E-state index is 12.9. The van der Waals surface area contributed by atoms with E-state index in [2.05, 4.69) is 6.08 Å². The maximum Gasteiger partial charge on any atom is 0.261 e. The van der Waals surface area contributed by atoms with E-state index in [1.54, 1.807) is 22.8 Å². The van der Waals surface area contributed by atoms with Gasteiger partial charge < -0.3 is 4.74 Å². The molecule has 4 aromatic rings. The monoisotopic (exact) mass is 414 g/mol. The van der Waals surface area contributed by atoms with Gasteiger partial charge in [-0.25, -0.2) is 4.98 Å². The van der Waals surface area contributed by atoms with Crippen molar-refractivity contribution >= 4 is 34.2 Å². The molecule has 0 radical (unpaired) electrons. The van der Waals surface area contributed by atoms with Crippen LogP contribution in [0.4, 0.5) is 0 Å². The highest BCUT2D eigenvalue weighted by Gasteiger charge is 2.21. The van der Waals surface area contributed by atoms with Crippen LogP contribution in [0.2, 0.25) is 5.02 Å². The fourth-order valence-corrected chi connectivity index (χ4v) is 3.95. The number of halogens is 1. The number of ether oxygens (including phenoxy) is 1. The van der Waals surface area contributed by atoms with Crippen LogP contribution in [0.3, 0.4) is 0 Å². The predicted molar refractivity (Wildman–Crippen MR) is 121 cm³/mol. The molecule has 0 aliphatic carbocycles. The first-order chi connectivity index (χ1) is 14.7. The number of para-hydroxylation sites is 1. The van der Waals surface area contributed by atoms with Gasteiger partial charge in [0.25, 0.3) is 5.56 Å². The fourth-order valence-electron chi connectivity index (χ4n) is 3.78. The van der Waals surface area contributed by atoms with Gasteiger partial charge in [0.2, 0.25) is 0 Å². The lowest BCUT2D eigenvalue weighted by Gasteiger charge is -2.10. The van der Waals surface area contributed by atoms with E-state index < -0.39 is 0 Å². The molecule has 30 heavy (non-hydrogen) atoms. The molecule has 5 rings (SSSR count). The standard InChI is InChI=1S/C25H19ClN2O2/c26-20-10-11-21-22(15-20)27-24-19(12-13-28(24)25(21)29)14-18-8-4-5-9-23(18)30-16-17-6-2-1-3-7-17/h1-11,14-15H,12-13,16H2/b19-14+. The lowest BCUT2D eigenvalue weighted by molar-refractivity contribution is 0.305. The summed E-state index contributed by atoms with van der Waals surface area (Å²) in [6, 6.07) is 23.2. The normalized spacial score (nSPS) is 14.2. The van der Waals surface area contributed by atoms with E-state index in [0.717, 1.165) is 28.9 Å². The molecule has 3 aromatic carbocycles. The molecule has 4 nitrogen and oxygen atoms in total. The van der Waals surface area contributed by atoms with Crippen LogP contribution < -0.4 is 10.3 Å². The second-order valence-corrected chi connectivity index (χ2v) is 7.72. The van der Waals surface area contributed by atoms with Crippen LogP contribution in [0.25, 0.3) is 22.6 Å². The minimum absolute atomic E-state index is 0.0244. The zero-order valence-electron chi connectivity index (χ0n) is 16.2. The van der Waals surface area contributed by atoms with Crippen LogP contribution in [0.15, 0.2) is 77.6 Å². The highest BCUT2D eigenvalue weighted by molar-refractivity contribution is 6.31. The molecule has 5 heteroatoms. The highest BCUT2D eigenvalue weighted by Crippen LogP contribution is 2.31. The number of fused-ring (bicyclic) bond motifs is 2. The SMILES string of the molecule is O=c1c2ccc(Cl)cc2nc2n1CC/C2=C\c1ccccc1OCc1ccccc1. The van der Waals surface area contributed by atoms with E-state index in [4.69, 9.17) is 21.3 Å². The Bertz CT molecular complexity index is 1330. The van der Waals surface area contributed by atoms with E-state index in [1.165, 1.54) is 0 Å². The molecule has 2 heterocycles. The molecule has 148 valence electrons. The van der Waals surface area contributed by atoms with Gasteiger partial charge in [-0.15, -0.1) is 0 Å². The van der Waals surface area contributed by atoms with E-state index in [1.807, 2.05) is 54.6 Å². The Morgan fingerprint density at radius 2 is 1.83 bits per heavy atom. The summed E-state index contributed by atoms with van der Waals surface area (Å²) in [5, 5.41) is 1.17. The van der Waals surface area contributed by atoms with Gasteiger partial charge in [-0.3, -0.25) is 9.36 Å². The second-order valence-electron chi connectivity index (χ2n) is 7.29. The van der Waals surface area contributed by atoms with Gasteiger partial charge in [-0.05, 0) is 47.9 Å². The second kappa shape index (κ2) is 7.81. The lowest BCUT2D eigenvalue weighted by atomic mass is 10.1. The van der Waals surface area contributed by atoms with Gasteiger partial charge in [0.1, 0.15) is 18.2 Å². The summed E-state index contributed by atoms with van der Waals surface area (Å²) < 4.78 is 7.83. The Labute approximate surface area is 179 Å². The number of benzene rings is 3. The van der Waals surface area contributed by atoms with Gasteiger partial charge in [-0.1, -0.05) is 60.1 Å². The number of nitrogens with zero attached hydrogens (tertiary/aromatic N) is 2. The first kappa shape index (κ1) is 18.6. The third-order valence-corrected chi connectivity index (χ3v) is 5.53. The van der Waals surface area contributed by atoms with Crippen LogP contribution in [0.1, 0.15) is 23.4 Å². The summed E-state index contributed by atoms with van der Waals surface area (Å²) in [5.74, 6) is 1.51. The topological polar surface area (TPSA) is 44.1 Å². The van der Waals surface area contributed by atoms with Gasteiger partial charge in [0.05, 0.1) is 10.9 Å². The number of aromatic nitrogens is 2. The molecule has 0 bridgehead atoms. The van der Waals surface area contributed by atoms with Crippen molar-refractivity contribution in [1.29, 1.82) is 0 Å². The van der Waals surface area contributed by atoms with Gasteiger partial charge >= 0.3 is 0 Å². The van der Waals surface area contributed by atoms with Crippen molar-refractivity contribution in [2.45, 2.75) is 19.6 Å². The quantitative estimate of drug-likeness (QED) is 0.438. The zero-order chi connectivity index (χ0) is 20.5. The third kappa shape index (κ3) is 3.51. The minimum Gasteiger partial charge on any atom is -0.488 e. The molecule has 1 aliphatic rings. The molecular weight excluding hydrogens is 396 g/mol. The van der Waals surface area contributed by atoms with Crippen molar-refractivity contribution < 1.29 is 4.74 Å². The number of hydrogen-bond donors (Lipinski definition) is 0. The van der Waals surface area contributed by atoms with Crippen molar-refractivity contribution in [2.24, 2.45) is 0 Å². The van der Waals surface area contributed by atoms with Crippen LogP contribution in [0, 0.1) is 0 Å². The van der Waals surface area contributed by atoms with Crippen molar-refractivity contribution in [3.8, 4) is 5.75 Å². The molecule has 0 atom stereocenters. The molecule has 0 amide bonds. The number of rotatable bonds is 4. The first-order valence-electron chi connectivity index (χ1n) is 9.86. The molecule has 0 saturated heterocycles. The van der Waals surface area contributed by atoms with Crippen LogP contribution >= 0.6 is 11.6 Å². The molecule has 0 fully saturated rings. The summed E-state index contributed by atoms with van der Waals surface area (Å²) in [5.41, 5.74) is 3.70. The third-order valence-electron chi connectivity index (χ3n) is 5.30. The molecule has 0 saturated carbocycles. The fraction of sp³-hybridized carbons (Fsp3) is 0.120. The molecule has 1 aromatic heterocycles. The Morgan fingerprint density at radius 3 is 2.70 bits per heavy atom. The summed E-state index contributed by atoms with van der Waals surface area (Å²) in [7, 11) is 0. The molecule has 1 aliphatic heterocycles. The van der Waals surface area contributed by atoms with Gasteiger partial charge in [-0.2, -0.15) is 0 Å². The van der Waals surface area contributed by atoms with E-state index in [9.17, 15) is 4.79 Å². The van der Waals surface area contributed by atoms with Gasteiger partial charge in [0, 0.05) is 17.1 Å². The predicted octanol–water partition coefficient (Wildman–Crippen LogP) is 5.57. The average Bonchev–Trinajstić information content (AvgIpc) is 3.16. The summed E-state index contributed by atoms with van der Waals surface area (Å²) in [6.07, 6.45) is 2.82. The summed E-state index contributed by atoms with van der Waals surface area (Å²) in [6.45, 7) is 1.12. The van der Waals surface area contributed by atoms with Crippen molar-refractivity contribution in [2.75, 3.05) is 0 Å². The van der Waals surface area contributed by atoms with E-state index >= 15 is 0 Å². The molecular formula is C25H19ClN2O2. The number of allylic oxidation sites excluding steroid dienone is 1. The van der Waals surface area contributed by atoms with Gasteiger partial charge in [0.15, 0.2) is 0 Å². The Kier molecular flexibility index (Phi) is 4.85. The minimum atomic E-state index is -0.0244. The summed E-state index contributed by atoms with van der Waals surface area (Å²) >= 11 is 6.11. The zero-order valence-corrected chi connectivity index (χ0v) is 17.0. The van der Waals surface area contributed by atoms with E-state index in [-0.39, 0.29) is 5.56 Å².